The first-order valence-corrected chi connectivity index (χ1v) is 7.27. The maximum atomic E-state index is 10.6. The number of phenolic OH excluding ortho intramolecular Hbond substituents is 1. The minimum absolute atomic E-state index is 0.203. The van der Waals surface area contributed by atoms with E-state index in [0.717, 1.165) is 6.07 Å². The van der Waals surface area contributed by atoms with Gasteiger partial charge in [-0.25, -0.2) is 0 Å². The second kappa shape index (κ2) is 5.96. The van der Waals surface area contributed by atoms with Crippen LogP contribution in [-0.4, -0.2) is 35.3 Å². The van der Waals surface area contributed by atoms with Gasteiger partial charge in [0.05, 0.1) is 6.10 Å². The van der Waals surface area contributed by atoms with E-state index in [1.165, 1.54) is 12.1 Å². The molecule has 1 rings (SSSR count). The maximum absolute atomic E-state index is 10.6. The Balaban J connectivity index is 2.90. The van der Waals surface area contributed by atoms with E-state index in [1.807, 2.05) is 20.8 Å². The van der Waals surface area contributed by atoms with Gasteiger partial charge < -0.3 is 19.7 Å². The number of hydrogen-bond donors (Lipinski definition) is 4. The molecule has 1 aromatic carbocycles. The molecular weight excluding hydrogens is 286 g/mol. The van der Waals surface area contributed by atoms with Crippen LogP contribution in [0.5, 0.6) is 11.5 Å². The fourth-order valence-electron chi connectivity index (χ4n) is 1.49. The van der Waals surface area contributed by atoms with E-state index in [1.54, 1.807) is 0 Å². The number of phenols is 1. The van der Waals surface area contributed by atoms with Crippen molar-refractivity contribution < 1.29 is 27.4 Å². The van der Waals surface area contributed by atoms with Crippen molar-refractivity contribution in [1.29, 1.82) is 0 Å². The maximum Gasteiger partial charge on any atom is 0.446 e. The highest BCUT2D eigenvalue weighted by molar-refractivity contribution is 7.81. The topological polar surface area (TPSA) is 116 Å². The van der Waals surface area contributed by atoms with Gasteiger partial charge in [-0.15, -0.1) is 0 Å². The fourth-order valence-corrected chi connectivity index (χ4v) is 1.83. The van der Waals surface area contributed by atoms with Crippen molar-refractivity contribution in [2.45, 2.75) is 32.4 Å². The zero-order chi connectivity index (χ0) is 15.6. The Hall–Kier alpha value is -1.35. The summed E-state index contributed by atoms with van der Waals surface area (Å²) in [4.78, 5) is 0. The first kappa shape index (κ1) is 16.7. The van der Waals surface area contributed by atoms with E-state index in [-0.39, 0.29) is 29.1 Å². The summed E-state index contributed by atoms with van der Waals surface area (Å²) in [7, 11) is -4.68. The predicted octanol–water partition coefficient (Wildman–Crippen LogP) is 0.995. The minimum Gasteiger partial charge on any atom is -0.508 e. The van der Waals surface area contributed by atoms with Crippen LogP contribution in [0.15, 0.2) is 18.2 Å². The Labute approximate surface area is 118 Å². The van der Waals surface area contributed by atoms with Gasteiger partial charge in [-0.05, 0) is 38.5 Å². The van der Waals surface area contributed by atoms with Crippen LogP contribution in [0, 0.1) is 0 Å². The highest BCUT2D eigenvalue weighted by Gasteiger charge is 2.16. The Bertz CT molecular complexity index is 564. The molecule has 0 spiro atoms. The quantitative estimate of drug-likeness (QED) is 0.599. The van der Waals surface area contributed by atoms with Crippen LogP contribution < -0.4 is 9.50 Å². The molecule has 0 aliphatic rings. The molecule has 1 aromatic rings. The van der Waals surface area contributed by atoms with Crippen molar-refractivity contribution in [2.75, 3.05) is 6.54 Å². The summed E-state index contributed by atoms with van der Waals surface area (Å²) in [6, 6.07) is 3.52. The van der Waals surface area contributed by atoms with E-state index in [4.69, 9.17) is 4.55 Å². The first-order valence-electron chi connectivity index (χ1n) is 5.90. The lowest BCUT2D eigenvalue weighted by atomic mass is 10.1. The standard InChI is InChI=1S/C12H19NO6S/c1-12(2,3)13-7-11(15)8-4-9(14)6-10(5-8)19-20(16,17)18/h4-6,11,13-15H,7H2,1-3H3,(H,16,17,18). The molecule has 0 aliphatic carbocycles. The van der Waals surface area contributed by atoms with Crippen molar-refractivity contribution in [2.24, 2.45) is 0 Å². The summed E-state index contributed by atoms with van der Waals surface area (Å²) in [6.07, 6.45) is -0.968. The van der Waals surface area contributed by atoms with E-state index in [9.17, 15) is 18.6 Å². The van der Waals surface area contributed by atoms with E-state index < -0.39 is 16.5 Å². The van der Waals surface area contributed by atoms with Crippen LogP contribution in [0.2, 0.25) is 0 Å². The van der Waals surface area contributed by atoms with Gasteiger partial charge in [0.1, 0.15) is 11.5 Å². The molecule has 1 unspecified atom stereocenters. The summed E-state index contributed by atoms with van der Waals surface area (Å²) in [6.45, 7) is 5.98. The molecule has 7 nitrogen and oxygen atoms in total. The SMILES string of the molecule is CC(C)(C)NCC(O)c1cc(O)cc(OS(=O)(=O)O)c1. The summed E-state index contributed by atoms with van der Waals surface area (Å²) < 4.78 is 34.1. The highest BCUT2D eigenvalue weighted by Crippen LogP contribution is 2.26. The number of aliphatic hydroxyl groups excluding tert-OH is 1. The number of rotatable bonds is 5. The molecule has 0 saturated heterocycles. The summed E-state index contributed by atoms with van der Waals surface area (Å²) >= 11 is 0. The van der Waals surface area contributed by atoms with Crippen LogP contribution in [0.4, 0.5) is 0 Å². The number of hydrogen-bond acceptors (Lipinski definition) is 6. The number of aliphatic hydroxyl groups is 1. The monoisotopic (exact) mass is 305 g/mol. The van der Waals surface area contributed by atoms with Gasteiger partial charge in [-0.2, -0.15) is 8.42 Å². The van der Waals surface area contributed by atoms with Gasteiger partial charge in [0, 0.05) is 18.2 Å². The zero-order valence-corrected chi connectivity index (χ0v) is 12.3. The van der Waals surface area contributed by atoms with Gasteiger partial charge in [-0.3, -0.25) is 4.55 Å². The van der Waals surface area contributed by atoms with Crippen LogP contribution in [0.25, 0.3) is 0 Å². The molecule has 0 saturated carbocycles. The molecule has 4 N–H and O–H groups in total. The Morgan fingerprint density at radius 3 is 2.40 bits per heavy atom. The van der Waals surface area contributed by atoms with Gasteiger partial charge in [0.15, 0.2) is 0 Å². The Kier molecular flexibility index (Phi) is 4.98. The van der Waals surface area contributed by atoms with Crippen LogP contribution in [0.3, 0.4) is 0 Å². The lowest BCUT2D eigenvalue weighted by molar-refractivity contribution is 0.162. The highest BCUT2D eigenvalue weighted by atomic mass is 32.3. The average Bonchev–Trinajstić information content (AvgIpc) is 2.21. The average molecular weight is 305 g/mol. The van der Waals surface area contributed by atoms with E-state index >= 15 is 0 Å². The largest absolute Gasteiger partial charge is 0.508 e. The molecule has 8 heteroatoms. The predicted molar refractivity (Wildman–Crippen MR) is 73.0 cm³/mol. The van der Waals surface area contributed by atoms with Crippen molar-refractivity contribution in [1.82, 2.24) is 5.32 Å². The number of nitrogens with one attached hydrogen (secondary N) is 1. The normalized spacial score (nSPS) is 14.1. The molecule has 0 bridgehead atoms. The Morgan fingerprint density at radius 2 is 1.90 bits per heavy atom. The second-order valence-electron chi connectivity index (χ2n) is 5.42. The molecule has 1 atom stereocenters. The summed E-state index contributed by atoms with van der Waals surface area (Å²) in [5.74, 6) is -0.562. The molecule has 114 valence electrons. The second-order valence-corrected chi connectivity index (χ2v) is 6.44. The van der Waals surface area contributed by atoms with Crippen molar-refractivity contribution in [3.63, 3.8) is 0 Å². The van der Waals surface area contributed by atoms with Gasteiger partial charge >= 0.3 is 10.4 Å². The number of aromatic hydroxyl groups is 1. The first-order chi connectivity index (χ1) is 8.96. The van der Waals surface area contributed by atoms with Crippen molar-refractivity contribution >= 4 is 10.4 Å². The smallest absolute Gasteiger partial charge is 0.446 e. The molecule has 0 aromatic heterocycles. The molecule has 0 aliphatic heterocycles. The third-order valence-corrected chi connectivity index (χ3v) is 2.73. The van der Waals surface area contributed by atoms with Crippen molar-refractivity contribution in [3.8, 4) is 11.5 Å². The van der Waals surface area contributed by atoms with Gasteiger partial charge in [0.2, 0.25) is 0 Å². The van der Waals surface area contributed by atoms with E-state index in [0.29, 0.717) is 0 Å². The van der Waals surface area contributed by atoms with Crippen molar-refractivity contribution in [3.05, 3.63) is 23.8 Å². The Morgan fingerprint density at radius 1 is 1.30 bits per heavy atom. The van der Waals surface area contributed by atoms with E-state index in [2.05, 4.69) is 9.50 Å². The molecular formula is C12H19NO6S. The molecule has 0 heterocycles. The third-order valence-electron chi connectivity index (χ3n) is 2.33. The van der Waals surface area contributed by atoms with Crippen LogP contribution in [-0.2, 0) is 10.4 Å². The molecule has 0 fully saturated rings. The molecule has 0 amide bonds. The van der Waals surface area contributed by atoms with Crippen LogP contribution in [0.1, 0.15) is 32.4 Å². The zero-order valence-electron chi connectivity index (χ0n) is 11.5. The fraction of sp³-hybridized carbons (Fsp3) is 0.500. The minimum atomic E-state index is -4.68. The number of β-amino-alcohol motifs (C(OH)–C–C–N with tert-alkyl or cyclic N) is 1. The molecule has 0 radical (unpaired) electrons. The van der Waals surface area contributed by atoms with Gasteiger partial charge in [-0.1, -0.05) is 0 Å². The lowest BCUT2D eigenvalue weighted by Gasteiger charge is -2.23. The lowest BCUT2D eigenvalue weighted by Crippen LogP contribution is -2.38. The van der Waals surface area contributed by atoms with Gasteiger partial charge in [0.25, 0.3) is 0 Å². The summed E-state index contributed by atoms with van der Waals surface area (Å²) in [5.41, 5.74) is 0.0615. The van der Waals surface area contributed by atoms with Crippen LogP contribution >= 0.6 is 0 Å². The molecule has 20 heavy (non-hydrogen) atoms. The third kappa shape index (κ3) is 6.20. The summed E-state index contributed by atoms with van der Waals surface area (Å²) in [5, 5.41) is 22.5. The number of benzene rings is 1.